The van der Waals surface area contributed by atoms with E-state index in [4.69, 9.17) is 4.74 Å². The molecule has 0 aliphatic heterocycles. The van der Waals surface area contributed by atoms with Gasteiger partial charge in [0.05, 0.1) is 13.7 Å². The van der Waals surface area contributed by atoms with Crippen LogP contribution in [0.4, 0.5) is 5.69 Å². The van der Waals surface area contributed by atoms with Crippen LogP contribution in [-0.4, -0.2) is 38.6 Å². The Labute approximate surface area is 138 Å². The number of hydrogen-bond donors (Lipinski definition) is 0. The first-order chi connectivity index (χ1) is 11.0. The number of carbonyl (C=O) groups is 1. The lowest BCUT2D eigenvalue weighted by Crippen LogP contribution is -2.36. The summed E-state index contributed by atoms with van der Waals surface area (Å²) in [5, 5.41) is 0. The van der Waals surface area contributed by atoms with Crippen molar-refractivity contribution >= 4 is 11.6 Å². The molecule has 0 N–H and O–H groups in total. The Balaban J connectivity index is 1.95. The summed E-state index contributed by atoms with van der Waals surface area (Å²) in [6, 6.07) is 15.8. The number of carbonyl (C=O) groups excluding carboxylic acids is 1. The third-order valence-corrected chi connectivity index (χ3v) is 3.83. The van der Waals surface area contributed by atoms with Crippen molar-refractivity contribution in [1.29, 1.82) is 0 Å². The van der Waals surface area contributed by atoms with Crippen LogP contribution in [0.1, 0.15) is 11.1 Å². The standard InChI is InChI=1S/C19H24N2O2/c1-15-12-16(10-11-18(15)23-4)13-20(2)14-19(22)21(3)17-8-6-5-7-9-17/h5-12H,13-14H2,1-4H3. The number of anilines is 1. The minimum absolute atomic E-state index is 0.0731. The summed E-state index contributed by atoms with van der Waals surface area (Å²) in [4.78, 5) is 16.1. The van der Waals surface area contributed by atoms with E-state index in [1.807, 2.05) is 68.4 Å². The van der Waals surface area contributed by atoms with E-state index in [1.165, 1.54) is 5.56 Å². The Hall–Kier alpha value is -2.33. The Morgan fingerprint density at radius 2 is 1.78 bits per heavy atom. The molecule has 0 fully saturated rings. The van der Waals surface area contributed by atoms with E-state index in [9.17, 15) is 4.79 Å². The highest BCUT2D eigenvalue weighted by molar-refractivity contribution is 5.94. The maximum atomic E-state index is 12.4. The Morgan fingerprint density at radius 1 is 1.09 bits per heavy atom. The third kappa shape index (κ3) is 4.57. The van der Waals surface area contributed by atoms with Gasteiger partial charge in [-0.05, 0) is 43.3 Å². The molecular weight excluding hydrogens is 288 g/mol. The van der Waals surface area contributed by atoms with Gasteiger partial charge in [-0.2, -0.15) is 0 Å². The highest BCUT2D eigenvalue weighted by Crippen LogP contribution is 2.19. The predicted octanol–water partition coefficient (Wildman–Crippen LogP) is 3.10. The molecule has 0 saturated carbocycles. The molecule has 2 rings (SSSR count). The van der Waals surface area contributed by atoms with E-state index in [0.29, 0.717) is 6.54 Å². The molecule has 4 heteroatoms. The quantitative estimate of drug-likeness (QED) is 0.822. The molecule has 0 heterocycles. The van der Waals surface area contributed by atoms with Gasteiger partial charge in [-0.15, -0.1) is 0 Å². The molecule has 0 saturated heterocycles. The van der Waals surface area contributed by atoms with Crippen LogP contribution in [0.15, 0.2) is 48.5 Å². The molecule has 0 radical (unpaired) electrons. The van der Waals surface area contributed by atoms with Crippen molar-refractivity contribution in [2.75, 3.05) is 32.6 Å². The summed E-state index contributed by atoms with van der Waals surface area (Å²) in [5.74, 6) is 0.959. The molecule has 122 valence electrons. The van der Waals surface area contributed by atoms with Crippen LogP contribution in [-0.2, 0) is 11.3 Å². The fraction of sp³-hybridized carbons (Fsp3) is 0.316. The molecule has 4 nitrogen and oxygen atoms in total. The molecule has 23 heavy (non-hydrogen) atoms. The number of rotatable bonds is 6. The number of aryl methyl sites for hydroxylation is 1. The first-order valence-corrected chi connectivity index (χ1v) is 7.65. The van der Waals surface area contributed by atoms with Gasteiger partial charge in [0.15, 0.2) is 0 Å². The van der Waals surface area contributed by atoms with Crippen molar-refractivity contribution < 1.29 is 9.53 Å². The molecule has 0 spiro atoms. The second-order valence-corrected chi connectivity index (χ2v) is 5.76. The van der Waals surface area contributed by atoms with Crippen LogP contribution in [0.5, 0.6) is 5.75 Å². The number of para-hydroxylation sites is 1. The fourth-order valence-electron chi connectivity index (χ4n) is 2.54. The lowest BCUT2D eigenvalue weighted by molar-refractivity contribution is -0.119. The Morgan fingerprint density at radius 3 is 2.39 bits per heavy atom. The average Bonchev–Trinajstić information content (AvgIpc) is 2.55. The van der Waals surface area contributed by atoms with Crippen LogP contribution < -0.4 is 9.64 Å². The third-order valence-electron chi connectivity index (χ3n) is 3.83. The summed E-state index contributed by atoms with van der Waals surface area (Å²) >= 11 is 0. The van der Waals surface area contributed by atoms with Gasteiger partial charge in [0.1, 0.15) is 5.75 Å². The summed E-state index contributed by atoms with van der Waals surface area (Å²) in [7, 11) is 5.44. The summed E-state index contributed by atoms with van der Waals surface area (Å²) in [6.45, 7) is 3.12. The zero-order chi connectivity index (χ0) is 16.8. The molecule has 2 aromatic carbocycles. The molecule has 0 unspecified atom stereocenters. The highest BCUT2D eigenvalue weighted by Gasteiger charge is 2.13. The van der Waals surface area contributed by atoms with E-state index >= 15 is 0 Å². The molecule has 0 atom stereocenters. The van der Waals surface area contributed by atoms with Crippen molar-refractivity contribution in [3.63, 3.8) is 0 Å². The summed E-state index contributed by atoms with van der Waals surface area (Å²) < 4.78 is 5.28. The van der Waals surface area contributed by atoms with Crippen molar-refractivity contribution in [1.82, 2.24) is 4.90 Å². The molecule has 0 aromatic heterocycles. The Kier molecular flexibility index (Phi) is 5.77. The van der Waals surface area contributed by atoms with E-state index in [2.05, 4.69) is 6.07 Å². The van der Waals surface area contributed by atoms with Crippen molar-refractivity contribution in [3.05, 3.63) is 59.7 Å². The van der Waals surface area contributed by atoms with E-state index in [1.54, 1.807) is 12.0 Å². The fourth-order valence-corrected chi connectivity index (χ4v) is 2.54. The monoisotopic (exact) mass is 312 g/mol. The minimum atomic E-state index is 0.0731. The maximum absolute atomic E-state index is 12.4. The average molecular weight is 312 g/mol. The molecular formula is C19H24N2O2. The second-order valence-electron chi connectivity index (χ2n) is 5.76. The number of methoxy groups -OCH3 is 1. The maximum Gasteiger partial charge on any atom is 0.240 e. The second kappa shape index (κ2) is 7.79. The van der Waals surface area contributed by atoms with Gasteiger partial charge in [0.25, 0.3) is 0 Å². The van der Waals surface area contributed by atoms with Crippen LogP contribution in [0, 0.1) is 6.92 Å². The SMILES string of the molecule is COc1ccc(CN(C)CC(=O)N(C)c2ccccc2)cc1C. The largest absolute Gasteiger partial charge is 0.496 e. The smallest absolute Gasteiger partial charge is 0.240 e. The number of amides is 1. The van der Waals surface area contributed by atoms with Crippen LogP contribution in [0.2, 0.25) is 0 Å². The lowest BCUT2D eigenvalue weighted by Gasteiger charge is -2.22. The van der Waals surface area contributed by atoms with Crippen LogP contribution >= 0.6 is 0 Å². The number of benzene rings is 2. The molecule has 1 amide bonds. The first-order valence-electron chi connectivity index (χ1n) is 7.65. The van der Waals surface area contributed by atoms with Gasteiger partial charge in [-0.1, -0.05) is 30.3 Å². The van der Waals surface area contributed by atoms with Gasteiger partial charge in [-0.25, -0.2) is 0 Å². The summed E-state index contributed by atoms with van der Waals surface area (Å²) in [6.07, 6.45) is 0. The first kappa shape index (κ1) is 17.0. The number of ether oxygens (including phenoxy) is 1. The highest BCUT2D eigenvalue weighted by atomic mass is 16.5. The molecule has 0 aliphatic carbocycles. The normalized spacial score (nSPS) is 10.7. The van der Waals surface area contributed by atoms with Gasteiger partial charge in [-0.3, -0.25) is 9.69 Å². The van der Waals surface area contributed by atoms with E-state index in [-0.39, 0.29) is 5.91 Å². The lowest BCUT2D eigenvalue weighted by atomic mass is 10.1. The molecule has 2 aromatic rings. The predicted molar refractivity (Wildman–Crippen MR) is 93.9 cm³/mol. The molecule has 0 aliphatic rings. The van der Waals surface area contributed by atoms with Crippen molar-refractivity contribution in [2.45, 2.75) is 13.5 Å². The van der Waals surface area contributed by atoms with Crippen molar-refractivity contribution in [3.8, 4) is 5.75 Å². The Bertz CT molecular complexity index is 656. The van der Waals surface area contributed by atoms with Gasteiger partial charge in [0, 0.05) is 19.3 Å². The topological polar surface area (TPSA) is 32.8 Å². The minimum Gasteiger partial charge on any atom is -0.496 e. The number of hydrogen-bond acceptors (Lipinski definition) is 3. The number of likely N-dealkylation sites (N-methyl/N-ethyl adjacent to an activating group) is 2. The zero-order valence-corrected chi connectivity index (χ0v) is 14.2. The van der Waals surface area contributed by atoms with Crippen LogP contribution in [0.3, 0.4) is 0 Å². The van der Waals surface area contributed by atoms with E-state index in [0.717, 1.165) is 23.5 Å². The van der Waals surface area contributed by atoms with Gasteiger partial charge in [0.2, 0.25) is 5.91 Å². The molecule has 0 bridgehead atoms. The zero-order valence-electron chi connectivity index (χ0n) is 14.2. The van der Waals surface area contributed by atoms with Gasteiger partial charge >= 0.3 is 0 Å². The van der Waals surface area contributed by atoms with Gasteiger partial charge < -0.3 is 9.64 Å². The number of nitrogens with zero attached hydrogens (tertiary/aromatic N) is 2. The van der Waals surface area contributed by atoms with Crippen molar-refractivity contribution in [2.24, 2.45) is 0 Å². The van der Waals surface area contributed by atoms with E-state index < -0.39 is 0 Å². The van der Waals surface area contributed by atoms with Crippen LogP contribution in [0.25, 0.3) is 0 Å². The summed E-state index contributed by atoms with van der Waals surface area (Å²) in [5.41, 5.74) is 3.18.